The van der Waals surface area contributed by atoms with Gasteiger partial charge in [-0.15, -0.1) is 0 Å². The van der Waals surface area contributed by atoms with Crippen molar-refractivity contribution in [2.24, 2.45) is 0 Å². The Balaban J connectivity index is 2.05. The van der Waals surface area contributed by atoms with Gasteiger partial charge in [0.15, 0.2) is 0 Å². The summed E-state index contributed by atoms with van der Waals surface area (Å²) in [5.74, 6) is -0.163. The van der Waals surface area contributed by atoms with E-state index in [9.17, 15) is 9.90 Å². The predicted octanol–water partition coefficient (Wildman–Crippen LogP) is 0.871. The molecule has 1 aliphatic rings. The molecule has 3 N–H and O–H groups in total. The molecule has 2 atom stereocenters. The van der Waals surface area contributed by atoms with Crippen LogP contribution in [0.25, 0.3) is 0 Å². The number of nitrogens with one attached hydrogen (secondary N) is 2. The number of hydrogen-bond donors (Lipinski definition) is 3. The first-order chi connectivity index (χ1) is 8.61. The Morgan fingerprint density at radius 2 is 2.33 bits per heavy atom. The highest BCUT2D eigenvalue weighted by atomic mass is 79.9. The van der Waals surface area contributed by atoms with E-state index in [2.05, 4.69) is 26.6 Å². The Morgan fingerprint density at radius 1 is 1.56 bits per heavy atom. The number of aromatic hydroxyl groups is 1. The van der Waals surface area contributed by atoms with Crippen LogP contribution in [0.15, 0.2) is 22.7 Å². The highest BCUT2D eigenvalue weighted by Crippen LogP contribution is 2.24. The van der Waals surface area contributed by atoms with Crippen LogP contribution in [0.2, 0.25) is 0 Å². The lowest BCUT2D eigenvalue weighted by Crippen LogP contribution is -2.43. The van der Waals surface area contributed by atoms with Crippen LogP contribution in [0.3, 0.4) is 0 Å². The number of ether oxygens (including phenoxy) is 1. The minimum atomic E-state index is -0.214. The van der Waals surface area contributed by atoms with Gasteiger partial charge in [0.2, 0.25) is 0 Å². The lowest BCUT2D eigenvalue weighted by molar-refractivity contribution is 0.0779. The molecule has 0 bridgehead atoms. The third-order valence-electron chi connectivity index (χ3n) is 2.99. The largest absolute Gasteiger partial charge is 0.507 e. The number of halogens is 1. The first-order valence-corrected chi connectivity index (χ1v) is 6.44. The van der Waals surface area contributed by atoms with Crippen molar-refractivity contribution in [3.05, 3.63) is 28.2 Å². The minimum absolute atomic E-state index is 0.0157. The lowest BCUT2D eigenvalue weighted by atomic mass is 10.1. The van der Waals surface area contributed by atoms with Crippen molar-refractivity contribution in [1.82, 2.24) is 10.6 Å². The number of methoxy groups -OCH3 is 1. The van der Waals surface area contributed by atoms with E-state index in [0.29, 0.717) is 16.6 Å². The number of phenolic OH excluding ortho intramolecular Hbond substituents is 1. The maximum absolute atomic E-state index is 12.0. The second-order valence-corrected chi connectivity index (χ2v) is 5.03. The molecule has 1 aromatic carbocycles. The van der Waals surface area contributed by atoms with Gasteiger partial charge in [0.25, 0.3) is 5.91 Å². The molecule has 0 saturated carbocycles. The summed E-state index contributed by atoms with van der Waals surface area (Å²) < 4.78 is 5.84. The van der Waals surface area contributed by atoms with E-state index in [4.69, 9.17) is 4.74 Å². The molecule has 1 saturated heterocycles. The second-order valence-electron chi connectivity index (χ2n) is 4.18. The number of phenols is 1. The average Bonchev–Trinajstić information content (AvgIpc) is 2.79. The number of carbonyl (C=O) groups excluding carboxylic acids is 1. The van der Waals surface area contributed by atoms with Crippen LogP contribution in [0.5, 0.6) is 5.75 Å². The van der Waals surface area contributed by atoms with E-state index in [1.807, 2.05) is 0 Å². The number of carbonyl (C=O) groups is 1. The summed E-state index contributed by atoms with van der Waals surface area (Å²) in [7, 11) is 1.63. The van der Waals surface area contributed by atoms with Gasteiger partial charge in [-0.05, 0) is 34.1 Å². The topological polar surface area (TPSA) is 70.6 Å². The average molecular weight is 315 g/mol. The fourth-order valence-corrected chi connectivity index (χ4v) is 2.20. The van der Waals surface area contributed by atoms with E-state index in [1.165, 1.54) is 6.07 Å². The minimum Gasteiger partial charge on any atom is -0.507 e. The SMILES string of the molecule is CO[C@H]1CNCC1NC(=O)c1ccc(Br)c(O)c1. The number of amides is 1. The third kappa shape index (κ3) is 2.82. The normalized spacial score (nSPS) is 23.0. The van der Waals surface area contributed by atoms with E-state index in [1.54, 1.807) is 19.2 Å². The van der Waals surface area contributed by atoms with Gasteiger partial charge in [0, 0.05) is 25.8 Å². The number of benzene rings is 1. The van der Waals surface area contributed by atoms with Gasteiger partial charge < -0.3 is 20.5 Å². The molecular formula is C12H15BrN2O3. The number of hydrogen-bond acceptors (Lipinski definition) is 4. The molecular weight excluding hydrogens is 300 g/mol. The monoisotopic (exact) mass is 314 g/mol. The van der Waals surface area contributed by atoms with Gasteiger partial charge in [-0.3, -0.25) is 4.79 Å². The highest BCUT2D eigenvalue weighted by molar-refractivity contribution is 9.10. The van der Waals surface area contributed by atoms with Crippen LogP contribution in [-0.4, -0.2) is 43.4 Å². The zero-order valence-electron chi connectivity index (χ0n) is 9.94. The van der Waals surface area contributed by atoms with Crippen molar-refractivity contribution >= 4 is 21.8 Å². The van der Waals surface area contributed by atoms with Crippen LogP contribution in [0.1, 0.15) is 10.4 Å². The van der Waals surface area contributed by atoms with Gasteiger partial charge in [-0.1, -0.05) is 0 Å². The zero-order valence-corrected chi connectivity index (χ0v) is 11.5. The first-order valence-electron chi connectivity index (χ1n) is 5.64. The van der Waals surface area contributed by atoms with Crippen LogP contribution in [-0.2, 0) is 4.74 Å². The van der Waals surface area contributed by atoms with Crippen molar-refractivity contribution in [2.75, 3.05) is 20.2 Å². The molecule has 6 heteroatoms. The van der Waals surface area contributed by atoms with Gasteiger partial charge in [0.05, 0.1) is 16.6 Å². The standard InChI is InChI=1S/C12H15BrN2O3/c1-18-11-6-14-5-9(11)15-12(17)7-2-3-8(13)10(16)4-7/h2-4,9,11,14,16H,5-6H2,1H3,(H,15,17)/t9?,11-/m0/s1. The summed E-state index contributed by atoms with van der Waals surface area (Å²) in [6.07, 6.45) is -0.0157. The molecule has 2 rings (SSSR count). The van der Waals surface area contributed by atoms with Gasteiger partial charge in [0.1, 0.15) is 5.75 Å². The first kappa shape index (κ1) is 13.3. The van der Waals surface area contributed by atoms with Crippen molar-refractivity contribution < 1.29 is 14.6 Å². The smallest absolute Gasteiger partial charge is 0.251 e. The van der Waals surface area contributed by atoms with Crippen LogP contribution >= 0.6 is 15.9 Å². The van der Waals surface area contributed by atoms with E-state index in [-0.39, 0.29) is 23.8 Å². The van der Waals surface area contributed by atoms with Crippen molar-refractivity contribution in [1.29, 1.82) is 0 Å². The van der Waals surface area contributed by atoms with E-state index >= 15 is 0 Å². The molecule has 1 fully saturated rings. The summed E-state index contributed by atoms with van der Waals surface area (Å²) in [5, 5.41) is 15.6. The zero-order chi connectivity index (χ0) is 13.1. The molecule has 0 radical (unpaired) electrons. The maximum Gasteiger partial charge on any atom is 0.251 e. The number of rotatable bonds is 3. The van der Waals surface area contributed by atoms with Crippen LogP contribution < -0.4 is 10.6 Å². The molecule has 18 heavy (non-hydrogen) atoms. The Labute approximate surface area is 114 Å². The lowest BCUT2D eigenvalue weighted by Gasteiger charge is -2.18. The van der Waals surface area contributed by atoms with Crippen LogP contribution in [0.4, 0.5) is 0 Å². The second kappa shape index (κ2) is 5.69. The fourth-order valence-electron chi connectivity index (χ4n) is 1.95. The van der Waals surface area contributed by atoms with Crippen LogP contribution in [0, 0.1) is 0 Å². The molecule has 0 aromatic heterocycles. The Bertz CT molecular complexity index is 453. The highest BCUT2D eigenvalue weighted by Gasteiger charge is 2.28. The third-order valence-corrected chi connectivity index (χ3v) is 3.66. The summed E-state index contributed by atoms with van der Waals surface area (Å²) in [4.78, 5) is 12.0. The Morgan fingerprint density at radius 3 is 3.00 bits per heavy atom. The van der Waals surface area contributed by atoms with E-state index < -0.39 is 0 Å². The van der Waals surface area contributed by atoms with Crippen molar-refractivity contribution in [3.8, 4) is 5.75 Å². The predicted molar refractivity (Wildman–Crippen MR) is 70.7 cm³/mol. The molecule has 0 aliphatic carbocycles. The van der Waals surface area contributed by atoms with Gasteiger partial charge >= 0.3 is 0 Å². The molecule has 0 spiro atoms. The summed E-state index contributed by atoms with van der Waals surface area (Å²) in [5.41, 5.74) is 0.428. The quantitative estimate of drug-likeness (QED) is 0.774. The van der Waals surface area contributed by atoms with Gasteiger partial charge in [-0.25, -0.2) is 0 Å². The molecule has 1 heterocycles. The van der Waals surface area contributed by atoms with E-state index in [0.717, 1.165) is 6.54 Å². The van der Waals surface area contributed by atoms with Crippen molar-refractivity contribution in [3.63, 3.8) is 0 Å². The molecule has 1 unspecified atom stereocenters. The molecule has 1 aliphatic heterocycles. The molecule has 1 aromatic rings. The summed E-state index contributed by atoms with van der Waals surface area (Å²) in [6.45, 7) is 1.42. The fraction of sp³-hybridized carbons (Fsp3) is 0.417. The maximum atomic E-state index is 12.0. The van der Waals surface area contributed by atoms with Crippen molar-refractivity contribution in [2.45, 2.75) is 12.1 Å². The van der Waals surface area contributed by atoms with Gasteiger partial charge in [-0.2, -0.15) is 0 Å². The Kier molecular flexibility index (Phi) is 4.21. The molecule has 98 valence electrons. The summed E-state index contributed by atoms with van der Waals surface area (Å²) in [6, 6.07) is 4.69. The Hall–Kier alpha value is -1.11. The molecule has 1 amide bonds. The molecule has 5 nitrogen and oxygen atoms in total. The summed E-state index contributed by atoms with van der Waals surface area (Å²) >= 11 is 3.18.